The fourth-order valence-electron chi connectivity index (χ4n) is 2.84. The first kappa shape index (κ1) is 18.4. The van der Waals surface area contributed by atoms with Crippen LogP contribution in [-0.4, -0.2) is 28.6 Å². The molecule has 1 aliphatic heterocycles. The van der Waals surface area contributed by atoms with E-state index in [2.05, 4.69) is 15.5 Å². The molecule has 1 saturated heterocycles. The lowest BCUT2D eigenvalue weighted by Crippen LogP contribution is -2.24. The molecule has 26 heavy (non-hydrogen) atoms. The third-order valence-electron chi connectivity index (χ3n) is 3.99. The number of carbonyl (C=O) groups excluding carboxylic acids is 2. The van der Waals surface area contributed by atoms with Crippen LogP contribution in [0.15, 0.2) is 24.3 Å². The summed E-state index contributed by atoms with van der Waals surface area (Å²) >= 11 is 1.29. The Kier molecular flexibility index (Phi) is 5.04. The number of nitrogens with zero attached hydrogens (tertiary/aromatic N) is 3. The number of nitrogens with one attached hydrogen (secondary N) is 1. The van der Waals surface area contributed by atoms with Gasteiger partial charge in [-0.1, -0.05) is 32.1 Å². The van der Waals surface area contributed by atoms with E-state index in [1.165, 1.54) is 23.5 Å². The highest BCUT2D eigenvalue weighted by atomic mass is 32.1. The van der Waals surface area contributed by atoms with E-state index in [0.717, 1.165) is 0 Å². The number of hydrogen-bond acceptors (Lipinski definition) is 5. The molecule has 1 aromatic heterocycles. The molecule has 1 aliphatic rings. The molecular weight excluding hydrogens is 355 g/mol. The van der Waals surface area contributed by atoms with Gasteiger partial charge in [-0.05, 0) is 29.7 Å². The molecule has 1 fully saturated rings. The molecule has 3 rings (SSSR count). The average Bonchev–Trinajstić information content (AvgIpc) is 3.13. The molecular formula is C18H21FN4O2S. The maximum atomic E-state index is 13.1. The van der Waals surface area contributed by atoms with E-state index in [-0.39, 0.29) is 29.0 Å². The van der Waals surface area contributed by atoms with Crippen molar-refractivity contribution in [2.24, 2.45) is 5.41 Å². The molecule has 138 valence electrons. The summed E-state index contributed by atoms with van der Waals surface area (Å²) in [5, 5.41) is 12.1. The van der Waals surface area contributed by atoms with Gasteiger partial charge in [-0.15, -0.1) is 10.2 Å². The van der Waals surface area contributed by atoms with Crippen molar-refractivity contribution < 1.29 is 14.0 Å². The fraction of sp³-hybridized carbons (Fsp3) is 0.444. The number of rotatable bonds is 4. The Morgan fingerprint density at radius 1 is 1.31 bits per heavy atom. The number of carbonyl (C=O) groups is 2. The van der Waals surface area contributed by atoms with Crippen LogP contribution < -0.4 is 10.2 Å². The van der Waals surface area contributed by atoms with Gasteiger partial charge in [0, 0.05) is 31.0 Å². The minimum atomic E-state index is -0.336. The largest absolute Gasteiger partial charge is 0.312 e. The molecule has 0 saturated carbocycles. The second-order valence-electron chi connectivity index (χ2n) is 7.61. The van der Waals surface area contributed by atoms with E-state index < -0.39 is 0 Å². The number of halogens is 1. The zero-order valence-electron chi connectivity index (χ0n) is 15.0. The molecule has 8 heteroatoms. The van der Waals surface area contributed by atoms with E-state index in [0.29, 0.717) is 35.2 Å². The van der Waals surface area contributed by atoms with Crippen molar-refractivity contribution in [3.8, 4) is 0 Å². The highest BCUT2D eigenvalue weighted by Gasteiger charge is 2.34. The lowest BCUT2D eigenvalue weighted by molar-refractivity contribution is -0.118. The molecule has 2 aromatic rings. The normalized spacial score (nSPS) is 17.6. The van der Waals surface area contributed by atoms with Crippen molar-refractivity contribution in [1.29, 1.82) is 0 Å². The van der Waals surface area contributed by atoms with Crippen LogP contribution >= 0.6 is 11.3 Å². The predicted molar refractivity (Wildman–Crippen MR) is 98.7 cm³/mol. The third-order valence-corrected chi connectivity index (χ3v) is 4.99. The quantitative estimate of drug-likeness (QED) is 0.885. The fourth-order valence-corrected chi connectivity index (χ4v) is 3.69. The minimum Gasteiger partial charge on any atom is -0.312 e. The summed E-state index contributed by atoms with van der Waals surface area (Å²) in [6, 6.07) is 5.86. The second-order valence-corrected chi connectivity index (χ2v) is 8.62. The van der Waals surface area contributed by atoms with E-state index >= 15 is 0 Å². The van der Waals surface area contributed by atoms with E-state index in [4.69, 9.17) is 0 Å². The first-order valence-corrected chi connectivity index (χ1v) is 9.22. The molecule has 0 bridgehead atoms. The molecule has 1 atom stereocenters. The van der Waals surface area contributed by atoms with Crippen molar-refractivity contribution in [2.45, 2.75) is 39.5 Å². The van der Waals surface area contributed by atoms with Crippen molar-refractivity contribution in [1.82, 2.24) is 10.2 Å². The summed E-state index contributed by atoms with van der Waals surface area (Å²) in [6.45, 7) is 6.44. The molecule has 1 aromatic carbocycles. The minimum absolute atomic E-state index is 0.0323. The molecule has 2 amide bonds. The SMILES string of the molecule is CC(C)(C)CC(=O)Nc1nnc(C2CC(=O)N(c3ccc(F)cc3)C2)s1. The monoisotopic (exact) mass is 376 g/mol. The Labute approximate surface area is 155 Å². The Bertz CT molecular complexity index is 813. The first-order chi connectivity index (χ1) is 12.2. The van der Waals surface area contributed by atoms with Crippen molar-refractivity contribution in [3.63, 3.8) is 0 Å². The van der Waals surface area contributed by atoms with Gasteiger partial charge in [-0.25, -0.2) is 4.39 Å². The van der Waals surface area contributed by atoms with E-state index in [1.54, 1.807) is 17.0 Å². The summed E-state index contributed by atoms with van der Waals surface area (Å²) < 4.78 is 13.1. The van der Waals surface area contributed by atoms with Gasteiger partial charge < -0.3 is 10.2 Å². The number of benzene rings is 1. The molecule has 0 radical (unpaired) electrons. The van der Waals surface area contributed by atoms with Crippen molar-refractivity contribution in [2.75, 3.05) is 16.8 Å². The van der Waals surface area contributed by atoms with E-state index in [9.17, 15) is 14.0 Å². The average molecular weight is 376 g/mol. The Balaban J connectivity index is 1.65. The Hall–Kier alpha value is -2.35. The smallest absolute Gasteiger partial charge is 0.227 e. The number of anilines is 2. The van der Waals surface area contributed by atoms with Crippen LogP contribution in [0.4, 0.5) is 15.2 Å². The van der Waals surface area contributed by atoms with E-state index in [1.807, 2.05) is 20.8 Å². The molecule has 6 nitrogen and oxygen atoms in total. The molecule has 0 spiro atoms. The third kappa shape index (κ3) is 4.43. The van der Waals surface area contributed by atoms with Gasteiger partial charge >= 0.3 is 0 Å². The van der Waals surface area contributed by atoms with Gasteiger partial charge in [-0.2, -0.15) is 0 Å². The van der Waals surface area contributed by atoms with Crippen LogP contribution in [0.1, 0.15) is 44.5 Å². The highest BCUT2D eigenvalue weighted by Crippen LogP contribution is 2.34. The van der Waals surface area contributed by atoms with Crippen LogP contribution in [0.25, 0.3) is 0 Å². The summed E-state index contributed by atoms with van der Waals surface area (Å²) in [6.07, 6.45) is 0.712. The lowest BCUT2D eigenvalue weighted by atomic mass is 9.92. The van der Waals surface area contributed by atoms with Gasteiger partial charge in [-0.3, -0.25) is 9.59 Å². The lowest BCUT2D eigenvalue weighted by Gasteiger charge is -2.16. The second kappa shape index (κ2) is 7.11. The highest BCUT2D eigenvalue weighted by molar-refractivity contribution is 7.15. The van der Waals surface area contributed by atoms with Gasteiger partial charge in [0.2, 0.25) is 16.9 Å². The van der Waals surface area contributed by atoms with Gasteiger partial charge in [0.1, 0.15) is 10.8 Å². The summed E-state index contributed by atoms with van der Waals surface area (Å²) in [5.74, 6) is -0.555. The number of hydrogen-bond donors (Lipinski definition) is 1. The van der Waals surface area contributed by atoms with Gasteiger partial charge in [0.15, 0.2) is 0 Å². The number of amides is 2. The van der Waals surface area contributed by atoms with Crippen LogP contribution in [0.3, 0.4) is 0 Å². The van der Waals surface area contributed by atoms with Crippen molar-refractivity contribution in [3.05, 3.63) is 35.1 Å². The summed E-state index contributed by atoms with van der Waals surface area (Å²) in [4.78, 5) is 25.9. The first-order valence-electron chi connectivity index (χ1n) is 8.40. The zero-order valence-corrected chi connectivity index (χ0v) is 15.8. The zero-order chi connectivity index (χ0) is 18.9. The summed E-state index contributed by atoms with van der Waals surface area (Å²) in [7, 11) is 0. The maximum absolute atomic E-state index is 13.1. The summed E-state index contributed by atoms with van der Waals surface area (Å²) in [5.41, 5.74) is 0.563. The number of aromatic nitrogens is 2. The molecule has 1 unspecified atom stereocenters. The van der Waals surface area contributed by atoms with Crippen LogP contribution in [0.2, 0.25) is 0 Å². The van der Waals surface area contributed by atoms with Crippen LogP contribution in [-0.2, 0) is 9.59 Å². The van der Waals surface area contributed by atoms with Crippen LogP contribution in [0, 0.1) is 11.2 Å². The molecule has 2 heterocycles. The standard InChI is InChI=1S/C18H21FN4O2S/c1-18(2,3)9-14(24)20-17-22-21-16(26-17)11-8-15(25)23(10-11)13-6-4-12(19)5-7-13/h4-7,11H,8-10H2,1-3H3,(H,20,22,24). The topological polar surface area (TPSA) is 75.2 Å². The predicted octanol–water partition coefficient (Wildman–Crippen LogP) is 3.57. The maximum Gasteiger partial charge on any atom is 0.227 e. The van der Waals surface area contributed by atoms with Crippen molar-refractivity contribution >= 4 is 34.0 Å². The van der Waals surface area contributed by atoms with Crippen LogP contribution in [0.5, 0.6) is 0 Å². The van der Waals surface area contributed by atoms with Gasteiger partial charge in [0.25, 0.3) is 0 Å². The Morgan fingerprint density at radius 2 is 2.00 bits per heavy atom. The molecule has 0 aliphatic carbocycles. The van der Waals surface area contributed by atoms with Gasteiger partial charge in [0.05, 0.1) is 0 Å². The Morgan fingerprint density at radius 3 is 2.65 bits per heavy atom. The molecule has 1 N–H and O–H groups in total.